The predicted octanol–water partition coefficient (Wildman–Crippen LogP) is 3.82. The number of carboxylic acid groups (broad SMARTS) is 1. The van der Waals surface area contributed by atoms with Crippen molar-refractivity contribution < 1.29 is 23.1 Å². The minimum Gasteiger partial charge on any atom is -0.480 e. The molecular formula is C27H32N4O5S. The van der Waals surface area contributed by atoms with Crippen LogP contribution >= 0.6 is 0 Å². The van der Waals surface area contributed by atoms with Crippen LogP contribution in [0, 0.1) is 0 Å². The quantitative estimate of drug-likeness (QED) is 0.305. The summed E-state index contributed by atoms with van der Waals surface area (Å²) in [5.41, 5.74) is 2.61. The molecule has 1 fully saturated rings. The van der Waals surface area contributed by atoms with E-state index in [1.807, 2.05) is 12.1 Å². The Labute approximate surface area is 217 Å². The molecule has 2 heterocycles. The number of sulfonamides is 1. The fourth-order valence-corrected chi connectivity index (χ4v) is 5.45. The van der Waals surface area contributed by atoms with Crippen molar-refractivity contribution in [2.45, 2.75) is 49.7 Å². The second kappa shape index (κ2) is 11.8. The molecule has 1 aliphatic rings. The van der Waals surface area contributed by atoms with Gasteiger partial charge < -0.3 is 15.2 Å². The lowest BCUT2D eigenvalue weighted by molar-refractivity contribution is -0.134. The Hall–Kier alpha value is -3.34. The zero-order valence-electron chi connectivity index (χ0n) is 20.8. The zero-order chi connectivity index (χ0) is 26.3. The van der Waals surface area contributed by atoms with Crippen LogP contribution in [0.2, 0.25) is 0 Å². The van der Waals surface area contributed by atoms with Gasteiger partial charge in [-0.2, -0.15) is 4.31 Å². The molecule has 196 valence electrons. The van der Waals surface area contributed by atoms with Crippen LogP contribution < -0.4 is 5.32 Å². The largest absolute Gasteiger partial charge is 0.480 e. The van der Waals surface area contributed by atoms with E-state index < -0.39 is 16.0 Å². The summed E-state index contributed by atoms with van der Waals surface area (Å²) in [5, 5.41) is 11.6. The average molecular weight is 525 g/mol. The maximum Gasteiger partial charge on any atom is 0.322 e. The third kappa shape index (κ3) is 6.91. The van der Waals surface area contributed by atoms with Crippen molar-refractivity contribution in [2.24, 2.45) is 0 Å². The van der Waals surface area contributed by atoms with Crippen LogP contribution in [0.1, 0.15) is 43.0 Å². The minimum atomic E-state index is -3.93. The summed E-state index contributed by atoms with van der Waals surface area (Å²) in [6.07, 6.45) is 4.62. The fraction of sp³-hybridized carbons (Fsp3) is 0.370. The highest BCUT2D eigenvalue weighted by molar-refractivity contribution is 7.89. The number of aliphatic carboxylic acids is 1. The van der Waals surface area contributed by atoms with Crippen LogP contribution in [0.5, 0.6) is 0 Å². The van der Waals surface area contributed by atoms with Crippen molar-refractivity contribution in [3.63, 3.8) is 0 Å². The van der Waals surface area contributed by atoms with Crippen molar-refractivity contribution in [1.29, 1.82) is 0 Å². The Morgan fingerprint density at radius 1 is 1.08 bits per heavy atom. The Balaban J connectivity index is 1.56. The van der Waals surface area contributed by atoms with E-state index >= 15 is 0 Å². The van der Waals surface area contributed by atoms with Crippen LogP contribution in [-0.4, -0.2) is 53.5 Å². The molecule has 2 N–H and O–H groups in total. The number of nitrogens with zero attached hydrogens (tertiary/aromatic N) is 3. The van der Waals surface area contributed by atoms with Gasteiger partial charge >= 0.3 is 5.97 Å². The fourth-order valence-electron chi connectivity index (χ4n) is 4.12. The molecule has 37 heavy (non-hydrogen) atoms. The van der Waals surface area contributed by atoms with E-state index in [9.17, 15) is 13.2 Å². The number of carbonyl (C=O) groups is 1. The summed E-state index contributed by atoms with van der Waals surface area (Å²) in [5.74, 6) is -0.653. The van der Waals surface area contributed by atoms with Gasteiger partial charge in [-0.05, 0) is 54.7 Å². The number of anilines is 1. The highest BCUT2D eigenvalue weighted by Gasteiger charge is 2.44. The molecule has 10 heteroatoms. The number of pyridine rings is 2. The Morgan fingerprint density at radius 3 is 2.51 bits per heavy atom. The van der Waals surface area contributed by atoms with Gasteiger partial charge in [-0.15, -0.1) is 0 Å². The molecule has 9 nitrogen and oxygen atoms in total. The number of hydrogen-bond acceptors (Lipinski definition) is 7. The number of hydrogen-bond donors (Lipinski definition) is 2. The van der Waals surface area contributed by atoms with Gasteiger partial charge in [0.2, 0.25) is 0 Å². The topological polar surface area (TPSA) is 122 Å². The molecule has 0 spiro atoms. The maximum absolute atomic E-state index is 13.5. The van der Waals surface area contributed by atoms with E-state index in [4.69, 9.17) is 9.84 Å². The SMILES string of the molecule is CCCOCC1(c2ccc(CN(Cc3cccc(NCC(=O)O)n3)S(=O)(=O)c3ccccn3)cc2)CC1. The molecule has 0 aliphatic heterocycles. The van der Waals surface area contributed by atoms with Gasteiger partial charge in [0.05, 0.1) is 18.8 Å². The third-order valence-electron chi connectivity index (χ3n) is 6.31. The standard InChI is InChI=1S/C27H32N4O5S/c1-2-16-36-20-27(13-14-27)22-11-9-21(10-12-22)18-31(37(34,35)25-8-3-4-15-28-25)19-23-6-5-7-24(30-23)29-17-26(32)33/h3-12,15H,2,13-14,16-20H2,1H3,(H,29,30)(H,32,33). The first-order valence-corrected chi connectivity index (χ1v) is 13.8. The van der Waals surface area contributed by atoms with Gasteiger partial charge in [-0.25, -0.2) is 18.4 Å². The maximum atomic E-state index is 13.5. The Morgan fingerprint density at radius 2 is 1.86 bits per heavy atom. The summed E-state index contributed by atoms with van der Waals surface area (Å²) in [6.45, 7) is 3.39. The molecule has 1 aromatic carbocycles. The second-order valence-electron chi connectivity index (χ2n) is 9.23. The summed E-state index contributed by atoms with van der Waals surface area (Å²) in [7, 11) is -3.93. The van der Waals surface area contributed by atoms with Crippen LogP contribution in [0.4, 0.5) is 5.82 Å². The zero-order valence-corrected chi connectivity index (χ0v) is 21.7. The molecule has 0 unspecified atom stereocenters. The smallest absolute Gasteiger partial charge is 0.322 e. The van der Waals surface area contributed by atoms with Crippen molar-refractivity contribution in [3.05, 3.63) is 83.7 Å². The van der Waals surface area contributed by atoms with E-state index in [1.54, 1.807) is 30.3 Å². The van der Waals surface area contributed by atoms with Gasteiger partial charge in [0.1, 0.15) is 12.4 Å². The molecule has 0 atom stereocenters. The van der Waals surface area contributed by atoms with Crippen molar-refractivity contribution >= 4 is 21.8 Å². The summed E-state index contributed by atoms with van der Waals surface area (Å²) >= 11 is 0. The van der Waals surface area contributed by atoms with Crippen LogP contribution in [-0.2, 0) is 38.1 Å². The molecule has 2 aromatic heterocycles. The lowest BCUT2D eigenvalue weighted by Gasteiger charge is -2.22. The minimum absolute atomic E-state index is 0.00194. The van der Waals surface area contributed by atoms with E-state index in [-0.39, 0.29) is 30.1 Å². The van der Waals surface area contributed by atoms with Crippen LogP contribution in [0.15, 0.2) is 71.9 Å². The first kappa shape index (κ1) is 26.7. The summed E-state index contributed by atoms with van der Waals surface area (Å²) in [4.78, 5) is 19.4. The molecule has 0 bridgehead atoms. The van der Waals surface area contributed by atoms with Crippen molar-refractivity contribution in [3.8, 4) is 0 Å². The average Bonchev–Trinajstić information content (AvgIpc) is 3.69. The van der Waals surface area contributed by atoms with E-state index in [1.165, 1.54) is 22.1 Å². The molecule has 1 saturated carbocycles. The first-order valence-electron chi connectivity index (χ1n) is 12.3. The van der Waals surface area contributed by atoms with E-state index in [2.05, 4.69) is 34.3 Å². The van der Waals surface area contributed by atoms with Crippen molar-refractivity contribution in [2.75, 3.05) is 25.1 Å². The highest BCUT2D eigenvalue weighted by atomic mass is 32.2. The lowest BCUT2D eigenvalue weighted by Crippen LogP contribution is -2.31. The molecular weight excluding hydrogens is 492 g/mol. The van der Waals surface area contributed by atoms with Gasteiger partial charge in [-0.3, -0.25) is 4.79 Å². The number of carboxylic acids is 1. The van der Waals surface area contributed by atoms with Crippen molar-refractivity contribution in [1.82, 2.24) is 14.3 Å². The van der Waals surface area contributed by atoms with Crippen LogP contribution in [0.3, 0.4) is 0 Å². The third-order valence-corrected chi connectivity index (χ3v) is 8.02. The monoisotopic (exact) mass is 524 g/mol. The Bertz CT molecular complexity index is 1300. The number of nitrogens with one attached hydrogen (secondary N) is 1. The van der Waals surface area contributed by atoms with Gasteiger partial charge in [0, 0.05) is 24.8 Å². The highest BCUT2D eigenvalue weighted by Crippen LogP contribution is 2.48. The number of aromatic nitrogens is 2. The second-order valence-corrected chi connectivity index (χ2v) is 11.1. The Kier molecular flexibility index (Phi) is 8.52. The number of benzene rings is 1. The van der Waals surface area contributed by atoms with E-state index in [0.717, 1.165) is 31.4 Å². The van der Waals surface area contributed by atoms with Gasteiger partial charge in [0.25, 0.3) is 10.0 Å². The predicted molar refractivity (Wildman–Crippen MR) is 139 cm³/mol. The lowest BCUT2D eigenvalue weighted by atomic mass is 9.96. The van der Waals surface area contributed by atoms with Gasteiger partial charge in [0.15, 0.2) is 5.03 Å². The molecule has 0 amide bonds. The molecule has 0 saturated heterocycles. The van der Waals surface area contributed by atoms with Crippen LogP contribution in [0.25, 0.3) is 0 Å². The normalized spacial score (nSPS) is 14.4. The van der Waals surface area contributed by atoms with E-state index in [0.29, 0.717) is 18.1 Å². The number of ether oxygens (including phenoxy) is 1. The molecule has 0 radical (unpaired) electrons. The molecule has 4 rings (SSSR count). The number of rotatable bonds is 14. The molecule has 1 aliphatic carbocycles. The summed E-state index contributed by atoms with van der Waals surface area (Å²) < 4.78 is 34.3. The first-order chi connectivity index (χ1) is 17.8. The summed E-state index contributed by atoms with van der Waals surface area (Å²) in [6, 6.07) is 17.9. The molecule has 3 aromatic rings. The van der Waals surface area contributed by atoms with Gasteiger partial charge in [-0.1, -0.05) is 43.3 Å².